The zero-order valence-corrected chi connectivity index (χ0v) is 18.0. The number of fused-ring (bicyclic) bond motifs is 1. The zero-order valence-electron chi connectivity index (χ0n) is 18.0. The highest BCUT2D eigenvalue weighted by Crippen LogP contribution is 2.29. The first-order valence-electron chi connectivity index (χ1n) is 11.0. The molecule has 10 heteroatoms. The van der Waals surface area contributed by atoms with Gasteiger partial charge in [0.25, 0.3) is 5.91 Å². The maximum absolute atomic E-state index is 12.9. The van der Waals surface area contributed by atoms with Crippen LogP contribution in [0.4, 0.5) is 0 Å². The average Bonchev–Trinajstić information content (AvgIpc) is 3.39. The van der Waals surface area contributed by atoms with Crippen LogP contribution in [0.25, 0.3) is 5.69 Å². The Labute approximate surface area is 185 Å². The van der Waals surface area contributed by atoms with Crippen LogP contribution in [0.3, 0.4) is 0 Å². The second kappa shape index (κ2) is 8.44. The molecule has 0 radical (unpaired) electrons. The maximum Gasteiger partial charge on any atom is 0.255 e. The predicted octanol–water partition coefficient (Wildman–Crippen LogP) is 0.639. The van der Waals surface area contributed by atoms with E-state index in [0.29, 0.717) is 24.6 Å². The Morgan fingerprint density at radius 3 is 2.72 bits per heavy atom. The SMILES string of the molecule is COC1CCN(Cc2cn(-c3ccc4c(c3)CN(C3CCC(=O)NC3=O)C4=O)nn2)CC1. The molecule has 3 aliphatic rings. The number of amides is 3. The molecule has 1 atom stereocenters. The molecule has 168 valence electrons. The number of nitrogens with zero attached hydrogens (tertiary/aromatic N) is 5. The first-order valence-corrected chi connectivity index (χ1v) is 11.0. The van der Waals surface area contributed by atoms with Crippen molar-refractivity contribution in [3.63, 3.8) is 0 Å². The molecule has 2 fully saturated rings. The summed E-state index contributed by atoms with van der Waals surface area (Å²) >= 11 is 0. The van der Waals surface area contributed by atoms with E-state index in [0.717, 1.165) is 49.4 Å². The Kier molecular flexibility index (Phi) is 5.48. The van der Waals surface area contributed by atoms with Gasteiger partial charge >= 0.3 is 0 Å². The lowest BCUT2D eigenvalue weighted by molar-refractivity contribution is -0.136. The van der Waals surface area contributed by atoms with Gasteiger partial charge in [0.2, 0.25) is 11.8 Å². The smallest absolute Gasteiger partial charge is 0.255 e. The second-order valence-electron chi connectivity index (χ2n) is 8.61. The van der Waals surface area contributed by atoms with Crippen LogP contribution in [-0.2, 0) is 27.4 Å². The van der Waals surface area contributed by atoms with Crippen molar-refractivity contribution in [1.82, 2.24) is 30.1 Å². The van der Waals surface area contributed by atoms with Crippen molar-refractivity contribution in [3.8, 4) is 5.69 Å². The van der Waals surface area contributed by atoms with E-state index in [1.807, 2.05) is 18.3 Å². The lowest BCUT2D eigenvalue weighted by Crippen LogP contribution is -2.52. The highest BCUT2D eigenvalue weighted by molar-refractivity contribution is 6.05. The number of hydrogen-bond donors (Lipinski definition) is 1. The molecule has 1 N–H and O–H groups in total. The molecule has 0 aliphatic carbocycles. The van der Waals surface area contributed by atoms with Crippen LogP contribution < -0.4 is 5.32 Å². The number of piperidine rings is 2. The number of methoxy groups -OCH3 is 1. The monoisotopic (exact) mass is 438 g/mol. The third-order valence-corrected chi connectivity index (χ3v) is 6.57. The molecule has 1 aromatic carbocycles. The summed E-state index contributed by atoms with van der Waals surface area (Å²) in [4.78, 5) is 40.4. The number of imide groups is 1. The van der Waals surface area contributed by atoms with Gasteiger partial charge < -0.3 is 9.64 Å². The van der Waals surface area contributed by atoms with E-state index in [2.05, 4.69) is 20.5 Å². The summed E-state index contributed by atoms with van der Waals surface area (Å²) in [5.74, 6) is -0.874. The van der Waals surface area contributed by atoms with Gasteiger partial charge in [0.1, 0.15) is 6.04 Å². The van der Waals surface area contributed by atoms with Gasteiger partial charge in [0, 0.05) is 45.3 Å². The highest BCUT2D eigenvalue weighted by Gasteiger charge is 2.39. The van der Waals surface area contributed by atoms with E-state index in [1.165, 1.54) is 0 Å². The normalized spacial score (nSPS) is 22.3. The van der Waals surface area contributed by atoms with Crippen LogP contribution in [-0.4, -0.2) is 74.9 Å². The lowest BCUT2D eigenvalue weighted by atomic mass is 10.0. The van der Waals surface area contributed by atoms with E-state index in [-0.39, 0.29) is 18.2 Å². The van der Waals surface area contributed by atoms with Crippen LogP contribution in [0, 0.1) is 0 Å². The molecule has 3 aliphatic heterocycles. The van der Waals surface area contributed by atoms with Gasteiger partial charge in [-0.2, -0.15) is 0 Å². The molecule has 2 saturated heterocycles. The number of carbonyl (C=O) groups is 3. The average molecular weight is 438 g/mol. The number of benzene rings is 1. The first kappa shape index (κ1) is 20.8. The molecule has 0 bridgehead atoms. The van der Waals surface area contributed by atoms with Crippen molar-refractivity contribution in [2.45, 2.75) is 50.9 Å². The zero-order chi connectivity index (χ0) is 22.2. The number of likely N-dealkylation sites (tertiary alicyclic amines) is 1. The maximum atomic E-state index is 12.9. The minimum absolute atomic E-state index is 0.181. The summed E-state index contributed by atoms with van der Waals surface area (Å²) < 4.78 is 7.15. The fourth-order valence-corrected chi connectivity index (χ4v) is 4.73. The summed E-state index contributed by atoms with van der Waals surface area (Å²) in [7, 11) is 1.76. The van der Waals surface area contributed by atoms with Gasteiger partial charge in [-0.05, 0) is 43.0 Å². The minimum Gasteiger partial charge on any atom is -0.381 e. The fraction of sp³-hybridized carbons (Fsp3) is 0.500. The van der Waals surface area contributed by atoms with E-state index in [9.17, 15) is 14.4 Å². The highest BCUT2D eigenvalue weighted by atomic mass is 16.5. The summed E-state index contributed by atoms with van der Waals surface area (Å²) in [6.07, 6.45) is 4.90. The summed E-state index contributed by atoms with van der Waals surface area (Å²) in [6.45, 7) is 3.03. The van der Waals surface area contributed by atoms with Crippen molar-refractivity contribution in [2.24, 2.45) is 0 Å². The Morgan fingerprint density at radius 2 is 1.97 bits per heavy atom. The standard InChI is InChI=1S/C22H26N6O4/c1-32-17-6-8-26(9-7-17)12-15-13-28(25-24-15)16-2-3-18-14(10-16)11-27(22(18)31)19-4-5-20(29)23-21(19)30/h2-3,10,13,17,19H,4-9,11-12H2,1H3,(H,23,29,30). The van der Waals surface area contributed by atoms with Crippen molar-refractivity contribution in [1.29, 1.82) is 0 Å². The van der Waals surface area contributed by atoms with E-state index in [1.54, 1.807) is 22.8 Å². The number of aromatic nitrogens is 3. The topological polar surface area (TPSA) is 110 Å². The van der Waals surface area contributed by atoms with Crippen molar-refractivity contribution in [3.05, 3.63) is 41.2 Å². The van der Waals surface area contributed by atoms with Gasteiger partial charge in [-0.25, -0.2) is 4.68 Å². The van der Waals surface area contributed by atoms with Crippen LogP contribution in [0.1, 0.15) is 47.3 Å². The quantitative estimate of drug-likeness (QED) is 0.682. The number of hydrogen-bond acceptors (Lipinski definition) is 7. The molecular formula is C22H26N6O4. The molecule has 1 aromatic heterocycles. The molecule has 0 spiro atoms. The van der Waals surface area contributed by atoms with Gasteiger partial charge in [-0.15, -0.1) is 5.10 Å². The Balaban J connectivity index is 1.27. The van der Waals surface area contributed by atoms with Gasteiger partial charge in [0.05, 0.1) is 23.7 Å². The molecule has 1 unspecified atom stereocenters. The van der Waals surface area contributed by atoms with Crippen LogP contribution in [0.15, 0.2) is 24.4 Å². The molecule has 3 amide bonds. The first-order chi connectivity index (χ1) is 15.5. The summed E-state index contributed by atoms with van der Waals surface area (Å²) in [5.41, 5.74) is 3.14. The second-order valence-corrected chi connectivity index (χ2v) is 8.61. The Bertz CT molecular complexity index is 1060. The summed E-state index contributed by atoms with van der Waals surface area (Å²) in [5, 5.41) is 10.9. The van der Waals surface area contributed by atoms with Crippen molar-refractivity contribution < 1.29 is 19.1 Å². The molecule has 0 saturated carbocycles. The molecule has 10 nitrogen and oxygen atoms in total. The number of carbonyl (C=O) groups excluding carboxylic acids is 3. The largest absolute Gasteiger partial charge is 0.381 e. The van der Waals surface area contributed by atoms with E-state index < -0.39 is 11.9 Å². The molecular weight excluding hydrogens is 412 g/mol. The molecule has 5 rings (SSSR count). The van der Waals surface area contributed by atoms with Crippen LogP contribution in [0.5, 0.6) is 0 Å². The molecule has 32 heavy (non-hydrogen) atoms. The number of rotatable bonds is 5. The minimum atomic E-state index is -0.615. The van der Waals surface area contributed by atoms with Gasteiger partial charge in [-0.1, -0.05) is 5.21 Å². The Hall–Kier alpha value is -3.11. The number of nitrogens with one attached hydrogen (secondary N) is 1. The molecule has 4 heterocycles. The van der Waals surface area contributed by atoms with Gasteiger partial charge in [-0.3, -0.25) is 24.6 Å². The third kappa shape index (κ3) is 3.91. The predicted molar refractivity (Wildman–Crippen MR) is 113 cm³/mol. The lowest BCUT2D eigenvalue weighted by Gasteiger charge is -2.30. The van der Waals surface area contributed by atoms with Crippen molar-refractivity contribution in [2.75, 3.05) is 20.2 Å². The summed E-state index contributed by atoms with van der Waals surface area (Å²) in [6, 6.07) is 4.92. The van der Waals surface area contributed by atoms with Crippen LogP contribution >= 0.6 is 0 Å². The fourth-order valence-electron chi connectivity index (χ4n) is 4.73. The van der Waals surface area contributed by atoms with Gasteiger partial charge in [0.15, 0.2) is 0 Å². The third-order valence-electron chi connectivity index (χ3n) is 6.57. The Morgan fingerprint density at radius 1 is 1.16 bits per heavy atom. The number of ether oxygens (including phenoxy) is 1. The molecule has 2 aromatic rings. The van der Waals surface area contributed by atoms with Crippen LogP contribution in [0.2, 0.25) is 0 Å². The van der Waals surface area contributed by atoms with E-state index in [4.69, 9.17) is 4.74 Å². The van der Waals surface area contributed by atoms with E-state index >= 15 is 0 Å². The van der Waals surface area contributed by atoms with Crippen molar-refractivity contribution >= 4 is 17.7 Å².